The Morgan fingerprint density at radius 3 is 2.50 bits per heavy atom. The topological polar surface area (TPSA) is 17.1 Å². The highest BCUT2D eigenvalue weighted by Crippen LogP contribution is 2.46. The minimum Gasteiger partial charge on any atom is -0.299 e. The van der Waals surface area contributed by atoms with Gasteiger partial charge in [0.25, 0.3) is 0 Å². The van der Waals surface area contributed by atoms with Gasteiger partial charge >= 0.3 is 0 Å². The van der Waals surface area contributed by atoms with Crippen molar-refractivity contribution in [1.29, 1.82) is 0 Å². The van der Waals surface area contributed by atoms with E-state index in [0.29, 0.717) is 18.1 Å². The normalized spacial score (nSPS) is 29.0. The third kappa shape index (κ3) is 2.61. The first-order chi connectivity index (χ1) is 8.42. The van der Waals surface area contributed by atoms with Crippen molar-refractivity contribution in [2.24, 2.45) is 17.3 Å². The number of hydrogen-bond acceptors (Lipinski definition) is 1. The summed E-state index contributed by atoms with van der Waals surface area (Å²) < 4.78 is 0. The van der Waals surface area contributed by atoms with Crippen LogP contribution in [0.3, 0.4) is 0 Å². The molecule has 0 aromatic heterocycles. The molecule has 3 atom stereocenters. The lowest BCUT2D eigenvalue weighted by Crippen LogP contribution is -2.38. The van der Waals surface area contributed by atoms with E-state index in [2.05, 4.69) is 19.1 Å². The summed E-state index contributed by atoms with van der Waals surface area (Å²) in [6, 6.07) is 10.1. The van der Waals surface area contributed by atoms with Crippen molar-refractivity contribution in [1.82, 2.24) is 0 Å². The molecule has 0 saturated heterocycles. The zero-order valence-electron chi connectivity index (χ0n) is 11.3. The molecule has 1 aromatic rings. The van der Waals surface area contributed by atoms with Gasteiger partial charge in [0.2, 0.25) is 0 Å². The Balaban J connectivity index is 2.17. The number of alkyl halides is 1. The smallest absolute Gasteiger partial charge is 0.138 e. The summed E-state index contributed by atoms with van der Waals surface area (Å²) in [6.07, 6.45) is 1.55. The highest BCUT2D eigenvalue weighted by atomic mass is 35.5. The van der Waals surface area contributed by atoms with Gasteiger partial charge in [0.05, 0.1) is 5.38 Å². The molecule has 2 heteroatoms. The molecular weight excluding hydrogens is 244 g/mol. The fraction of sp³-hybridized carbons (Fsp3) is 0.562. The Labute approximate surface area is 115 Å². The molecule has 1 nitrogen and oxygen atoms in total. The molecule has 1 aromatic carbocycles. The summed E-state index contributed by atoms with van der Waals surface area (Å²) in [5.74, 6) is 1.10. The second-order valence-electron chi connectivity index (χ2n) is 6.17. The van der Waals surface area contributed by atoms with E-state index in [4.69, 9.17) is 11.6 Å². The fourth-order valence-corrected chi connectivity index (χ4v) is 3.52. The molecule has 0 heterocycles. The van der Waals surface area contributed by atoms with Crippen LogP contribution in [0.2, 0.25) is 0 Å². The maximum atomic E-state index is 12.1. The number of halogens is 1. The average molecular weight is 265 g/mol. The van der Waals surface area contributed by atoms with Crippen molar-refractivity contribution >= 4 is 17.4 Å². The quantitative estimate of drug-likeness (QED) is 0.713. The molecule has 3 unspecified atom stereocenters. The first-order valence-electron chi connectivity index (χ1n) is 6.64. The van der Waals surface area contributed by atoms with Crippen LogP contribution < -0.4 is 0 Å². The Kier molecular flexibility index (Phi) is 3.82. The zero-order valence-corrected chi connectivity index (χ0v) is 12.1. The van der Waals surface area contributed by atoms with Gasteiger partial charge in [0.15, 0.2) is 0 Å². The van der Waals surface area contributed by atoms with Gasteiger partial charge in [0, 0.05) is 11.8 Å². The largest absolute Gasteiger partial charge is 0.299 e. The Morgan fingerprint density at radius 1 is 1.28 bits per heavy atom. The monoisotopic (exact) mass is 264 g/mol. The number of benzene rings is 1. The third-order valence-electron chi connectivity index (χ3n) is 4.23. The lowest BCUT2D eigenvalue weighted by molar-refractivity contribution is -0.132. The van der Waals surface area contributed by atoms with Gasteiger partial charge in [-0.2, -0.15) is 0 Å². The second-order valence-corrected chi connectivity index (χ2v) is 6.64. The van der Waals surface area contributed by atoms with E-state index in [1.165, 1.54) is 0 Å². The van der Waals surface area contributed by atoms with Gasteiger partial charge in [0.1, 0.15) is 5.78 Å². The van der Waals surface area contributed by atoms with Crippen LogP contribution in [0.4, 0.5) is 0 Å². The van der Waals surface area contributed by atoms with Crippen LogP contribution in [-0.2, 0) is 4.79 Å². The fourth-order valence-electron chi connectivity index (χ4n) is 3.04. The van der Waals surface area contributed by atoms with E-state index in [0.717, 1.165) is 12.0 Å². The molecule has 0 amide bonds. The molecule has 2 rings (SSSR count). The van der Waals surface area contributed by atoms with Crippen molar-refractivity contribution in [2.75, 3.05) is 0 Å². The SMILES string of the molecule is CC1CC(C)(C)C(=O)CC1C(Cl)c1ccccc1. The highest BCUT2D eigenvalue weighted by molar-refractivity contribution is 6.21. The molecule has 1 saturated carbocycles. The van der Waals surface area contributed by atoms with Crippen molar-refractivity contribution < 1.29 is 4.79 Å². The minimum absolute atomic E-state index is 0.0544. The summed E-state index contributed by atoms with van der Waals surface area (Å²) in [5.41, 5.74) is 0.951. The van der Waals surface area contributed by atoms with Gasteiger partial charge in [-0.3, -0.25) is 4.79 Å². The van der Waals surface area contributed by atoms with Crippen LogP contribution >= 0.6 is 11.6 Å². The molecule has 98 valence electrons. The summed E-state index contributed by atoms with van der Waals surface area (Å²) in [6.45, 7) is 6.32. The van der Waals surface area contributed by atoms with E-state index in [9.17, 15) is 4.79 Å². The lowest BCUT2D eigenvalue weighted by atomic mass is 9.65. The molecule has 1 aliphatic rings. The molecule has 0 bridgehead atoms. The van der Waals surface area contributed by atoms with Crippen molar-refractivity contribution in [2.45, 2.75) is 39.0 Å². The molecule has 18 heavy (non-hydrogen) atoms. The Morgan fingerprint density at radius 2 is 1.89 bits per heavy atom. The molecule has 0 aliphatic heterocycles. The molecule has 0 spiro atoms. The van der Waals surface area contributed by atoms with Crippen molar-refractivity contribution in [3.63, 3.8) is 0 Å². The number of hydrogen-bond donors (Lipinski definition) is 0. The highest BCUT2D eigenvalue weighted by Gasteiger charge is 2.41. The van der Waals surface area contributed by atoms with Crippen LogP contribution in [0.15, 0.2) is 30.3 Å². The minimum atomic E-state index is -0.177. The van der Waals surface area contributed by atoms with Crippen LogP contribution in [0.1, 0.15) is 44.6 Å². The van der Waals surface area contributed by atoms with Crippen LogP contribution in [-0.4, -0.2) is 5.78 Å². The van der Waals surface area contributed by atoms with E-state index in [1.807, 2.05) is 32.0 Å². The molecular formula is C16H21ClO. The average Bonchev–Trinajstić information content (AvgIpc) is 2.33. The van der Waals surface area contributed by atoms with Gasteiger partial charge in [-0.25, -0.2) is 0 Å². The van der Waals surface area contributed by atoms with Gasteiger partial charge in [-0.1, -0.05) is 51.1 Å². The maximum absolute atomic E-state index is 12.1. The van der Waals surface area contributed by atoms with Crippen LogP contribution in [0.5, 0.6) is 0 Å². The van der Waals surface area contributed by atoms with E-state index < -0.39 is 0 Å². The van der Waals surface area contributed by atoms with Gasteiger partial charge < -0.3 is 0 Å². The lowest BCUT2D eigenvalue weighted by Gasteiger charge is -2.40. The number of ketones is 1. The van der Waals surface area contributed by atoms with Gasteiger partial charge in [-0.05, 0) is 23.8 Å². The standard InChI is InChI=1S/C16H21ClO/c1-11-10-16(2,3)14(18)9-13(11)15(17)12-7-5-4-6-8-12/h4-8,11,13,15H,9-10H2,1-3H3. The molecule has 1 fully saturated rings. The Hall–Kier alpha value is -0.820. The van der Waals surface area contributed by atoms with Crippen molar-refractivity contribution in [3.8, 4) is 0 Å². The zero-order chi connectivity index (χ0) is 13.3. The summed E-state index contributed by atoms with van der Waals surface area (Å²) in [7, 11) is 0. The van der Waals surface area contributed by atoms with E-state index in [1.54, 1.807) is 0 Å². The number of Topliss-reactive ketones (excluding diaryl/α,β-unsaturated/α-hetero) is 1. The molecule has 1 aliphatic carbocycles. The third-order valence-corrected chi connectivity index (χ3v) is 4.81. The van der Waals surface area contributed by atoms with E-state index in [-0.39, 0.29) is 16.7 Å². The summed E-state index contributed by atoms with van der Waals surface area (Å²) >= 11 is 6.59. The predicted octanol–water partition coefficient (Wildman–Crippen LogP) is 4.61. The second kappa shape index (κ2) is 5.05. The van der Waals surface area contributed by atoms with Crippen LogP contribution in [0, 0.1) is 17.3 Å². The maximum Gasteiger partial charge on any atom is 0.138 e. The van der Waals surface area contributed by atoms with Crippen LogP contribution in [0.25, 0.3) is 0 Å². The van der Waals surface area contributed by atoms with E-state index >= 15 is 0 Å². The van der Waals surface area contributed by atoms with Crippen molar-refractivity contribution in [3.05, 3.63) is 35.9 Å². The summed E-state index contributed by atoms with van der Waals surface area (Å²) in [4.78, 5) is 12.1. The van der Waals surface area contributed by atoms with Gasteiger partial charge in [-0.15, -0.1) is 11.6 Å². The molecule has 0 radical (unpaired) electrons. The number of carbonyl (C=O) groups excluding carboxylic acids is 1. The first kappa shape index (κ1) is 13.6. The number of carbonyl (C=O) groups is 1. The summed E-state index contributed by atoms with van der Waals surface area (Å²) in [5, 5.41) is -0.0544. The molecule has 0 N–H and O–H groups in total. The first-order valence-corrected chi connectivity index (χ1v) is 7.08. The Bertz CT molecular complexity index is 424. The number of rotatable bonds is 2. The predicted molar refractivity (Wildman–Crippen MR) is 75.7 cm³/mol.